The van der Waals surface area contributed by atoms with Gasteiger partial charge in [0, 0.05) is 11.5 Å². The lowest BCUT2D eigenvalue weighted by Gasteiger charge is -2.70. The molecule has 0 radical (unpaired) electrons. The third-order valence-corrected chi connectivity index (χ3v) is 10.3. The quantitative estimate of drug-likeness (QED) is 0.438. The second-order valence-electron chi connectivity index (χ2n) is 12.4. The molecule has 3 heteroatoms. The number of esters is 1. The third-order valence-electron chi connectivity index (χ3n) is 10.3. The molecule has 174 valence electrons. The highest BCUT2D eigenvalue weighted by molar-refractivity contribution is 5.87. The number of hydrogen-bond donors (Lipinski definition) is 1. The molecule has 1 spiro atoms. The minimum absolute atomic E-state index is 0.0609. The van der Waals surface area contributed by atoms with Gasteiger partial charge < -0.3 is 9.84 Å². The highest BCUT2D eigenvalue weighted by Crippen LogP contribution is 2.72. The topological polar surface area (TPSA) is 46.5 Å². The first-order valence-electron chi connectivity index (χ1n) is 12.8. The van der Waals surface area contributed by atoms with Crippen LogP contribution in [-0.2, 0) is 9.53 Å². The number of carbonyl (C=O) groups excluding carboxylic acids is 1. The van der Waals surface area contributed by atoms with Gasteiger partial charge in [-0.1, -0.05) is 50.6 Å². The van der Waals surface area contributed by atoms with E-state index < -0.39 is 5.60 Å². The lowest BCUT2D eigenvalue weighted by Crippen LogP contribution is -2.66. The monoisotopic (exact) mass is 436 g/mol. The van der Waals surface area contributed by atoms with Gasteiger partial charge in [0.05, 0.1) is 12.2 Å². The summed E-state index contributed by atoms with van der Waals surface area (Å²) in [5, 5.41) is 11.2. The van der Waals surface area contributed by atoms with Crippen LogP contribution in [0, 0.1) is 34.0 Å². The Morgan fingerprint density at radius 1 is 1.06 bits per heavy atom. The fraction of sp³-hybridized carbons (Fsp3) is 0.690. The van der Waals surface area contributed by atoms with Crippen molar-refractivity contribution < 1.29 is 14.6 Å². The summed E-state index contributed by atoms with van der Waals surface area (Å²) in [5.41, 5.74) is 1.07. The van der Waals surface area contributed by atoms with Crippen molar-refractivity contribution in [1.29, 1.82) is 0 Å². The molecule has 5 aliphatic rings. The molecular weight excluding hydrogens is 396 g/mol. The molecule has 0 heterocycles. The van der Waals surface area contributed by atoms with Crippen molar-refractivity contribution in [2.45, 2.75) is 84.2 Å². The average molecular weight is 437 g/mol. The number of rotatable bonds is 4. The SMILES string of the molecule is CC1(C)CCCC2(COC(=O)C=Cc3ccccc3)C1CCC13CCC(CC12)C(C)(O)C3. The van der Waals surface area contributed by atoms with E-state index in [4.69, 9.17) is 4.74 Å². The summed E-state index contributed by atoms with van der Waals surface area (Å²) in [6.07, 6.45) is 14.0. The Hall–Kier alpha value is -1.61. The molecule has 5 aliphatic carbocycles. The summed E-state index contributed by atoms with van der Waals surface area (Å²) < 4.78 is 6.07. The van der Waals surface area contributed by atoms with E-state index in [1.807, 2.05) is 36.4 Å². The number of ether oxygens (including phenoxy) is 1. The van der Waals surface area contributed by atoms with Crippen LogP contribution in [0.4, 0.5) is 0 Å². The average Bonchev–Trinajstić information content (AvgIpc) is 2.75. The van der Waals surface area contributed by atoms with Crippen LogP contribution in [0.3, 0.4) is 0 Å². The highest BCUT2D eigenvalue weighted by atomic mass is 16.5. The fourth-order valence-corrected chi connectivity index (χ4v) is 8.94. The van der Waals surface area contributed by atoms with Crippen molar-refractivity contribution in [3.63, 3.8) is 0 Å². The Morgan fingerprint density at radius 3 is 2.56 bits per heavy atom. The summed E-state index contributed by atoms with van der Waals surface area (Å²) in [4.78, 5) is 12.8. The van der Waals surface area contributed by atoms with Gasteiger partial charge in [0.25, 0.3) is 0 Å². The van der Waals surface area contributed by atoms with E-state index in [0.717, 1.165) is 31.2 Å². The molecule has 6 rings (SSSR count). The van der Waals surface area contributed by atoms with Crippen LogP contribution in [0.15, 0.2) is 36.4 Å². The molecule has 6 atom stereocenters. The molecule has 0 aliphatic heterocycles. The molecule has 2 bridgehead atoms. The molecule has 5 saturated carbocycles. The molecule has 3 nitrogen and oxygen atoms in total. The predicted molar refractivity (Wildman–Crippen MR) is 128 cm³/mol. The number of carbonyl (C=O) groups is 1. The smallest absolute Gasteiger partial charge is 0.330 e. The maximum absolute atomic E-state index is 12.8. The molecule has 1 aromatic rings. The van der Waals surface area contributed by atoms with Crippen LogP contribution >= 0.6 is 0 Å². The second-order valence-corrected chi connectivity index (χ2v) is 12.4. The van der Waals surface area contributed by atoms with Gasteiger partial charge in [-0.05, 0) is 98.5 Å². The standard InChI is InChI=1S/C29H40O3/c1-26(2)14-7-15-29(20-32-25(30)11-10-21-8-5-4-6-9-21)23(26)13-17-28-16-12-22(18-24(28)29)27(3,31)19-28/h4-6,8-11,22-24,31H,7,12-20H2,1-3H3. The molecule has 0 amide bonds. The van der Waals surface area contributed by atoms with Crippen molar-refractivity contribution in [3.05, 3.63) is 42.0 Å². The van der Waals surface area contributed by atoms with Gasteiger partial charge in [0.15, 0.2) is 0 Å². The van der Waals surface area contributed by atoms with E-state index in [9.17, 15) is 9.90 Å². The van der Waals surface area contributed by atoms with Crippen LogP contribution in [0.1, 0.15) is 84.1 Å². The lowest BCUT2D eigenvalue weighted by molar-refractivity contribution is -0.246. The number of hydrogen-bond acceptors (Lipinski definition) is 3. The number of fused-ring (bicyclic) bond motifs is 3. The summed E-state index contributed by atoms with van der Waals surface area (Å²) in [7, 11) is 0. The van der Waals surface area contributed by atoms with Gasteiger partial charge in [-0.3, -0.25) is 0 Å². The van der Waals surface area contributed by atoms with Crippen molar-refractivity contribution in [3.8, 4) is 0 Å². The first kappa shape index (κ1) is 22.2. The first-order valence-corrected chi connectivity index (χ1v) is 12.8. The van der Waals surface area contributed by atoms with Crippen molar-refractivity contribution in [2.24, 2.45) is 34.0 Å². The van der Waals surface area contributed by atoms with Crippen LogP contribution in [-0.4, -0.2) is 23.3 Å². The second kappa shape index (κ2) is 7.72. The van der Waals surface area contributed by atoms with Gasteiger partial charge in [0.2, 0.25) is 0 Å². The van der Waals surface area contributed by atoms with E-state index in [2.05, 4.69) is 20.8 Å². The molecule has 32 heavy (non-hydrogen) atoms. The van der Waals surface area contributed by atoms with Gasteiger partial charge in [-0.2, -0.15) is 0 Å². The molecule has 1 aromatic carbocycles. The van der Waals surface area contributed by atoms with Gasteiger partial charge in [0.1, 0.15) is 0 Å². The molecule has 0 aromatic heterocycles. The minimum atomic E-state index is -0.526. The van der Waals surface area contributed by atoms with Crippen molar-refractivity contribution >= 4 is 12.0 Å². The van der Waals surface area contributed by atoms with Gasteiger partial charge >= 0.3 is 5.97 Å². The summed E-state index contributed by atoms with van der Waals surface area (Å²) in [6.45, 7) is 7.50. The normalized spacial score (nSPS) is 42.3. The molecule has 6 unspecified atom stereocenters. The van der Waals surface area contributed by atoms with E-state index in [1.165, 1.54) is 32.1 Å². The van der Waals surface area contributed by atoms with E-state index >= 15 is 0 Å². The molecule has 0 saturated heterocycles. The Labute approximate surface area is 193 Å². The summed E-state index contributed by atoms with van der Waals surface area (Å²) in [6, 6.07) is 9.93. The van der Waals surface area contributed by atoms with E-state index in [0.29, 0.717) is 24.4 Å². The van der Waals surface area contributed by atoms with Crippen LogP contribution in [0.25, 0.3) is 6.08 Å². The number of aliphatic hydroxyl groups is 1. The molecular formula is C29H40O3. The molecule has 1 N–H and O–H groups in total. The Kier molecular flexibility index (Phi) is 5.36. The zero-order chi connectivity index (χ0) is 22.6. The van der Waals surface area contributed by atoms with Gasteiger partial charge in [-0.15, -0.1) is 0 Å². The summed E-state index contributed by atoms with van der Waals surface area (Å²) in [5.74, 6) is 1.33. The first-order chi connectivity index (χ1) is 15.2. The number of benzene rings is 1. The Bertz CT molecular complexity index is 885. The largest absolute Gasteiger partial charge is 0.462 e. The fourth-order valence-electron chi connectivity index (χ4n) is 8.94. The zero-order valence-corrected chi connectivity index (χ0v) is 20.1. The Balaban J connectivity index is 1.41. The van der Waals surface area contributed by atoms with Crippen LogP contribution in [0.2, 0.25) is 0 Å². The predicted octanol–water partition coefficient (Wildman–Crippen LogP) is 6.41. The highest BCUT2D eigenvalue weighted by Gasteiger charge is 2.67. The molecule has 5 fully saturated rings. The summed E-state index contributed by atoms with van der Waals surface area (Å²) >= 11 is 0. The van der Waals surface area contributed by atoms with Crippen LogP contribution < -0.4 is 0 Å². The van der Waals surface area contributed by atoms with Crippen molar-refractivity contribution in [1.82, 2.24) is 0 Å². The minimum Gasteiger partial charge on any atom is -0.462 e. The zero-order valence-electron chi connectivity index (χ0n) is 20.1. The maximum Gasteiger partial charge on any atom is 0.330 e. The van der Waals surface area contributed by atoms with Crippen LogP contribution in [0.5, 0.6) is 0 Å². The van der Waals surface area contributed by atoms with E-state index in [-0.39, 0.29) is 22.2 Å². The van der Waals surface area contributed by atoms with Gasteiger partial charge in [-0.25, -0.2) is 4.79 Å². The third kappa shape index (κ3) is 3.56. The van der Waals surface area contributed by atoms with Crippen molar-refractivity contribution in [2.75, 3.05) is 6.61 Å². The van der Waals surface area contributed by atoms with E-state index in [1.54, 1.807) is 6.08 Å². The Morgan fingerprint density at radius 2 is 1.81 bits per heavy atom. The lowest BCUT2D eigenvalue weighted by atomic mass is 9.35. The maximum atomic E-state index is 12.8.